The van der Waals surface area contributed by atoms with E-state index in [2.05, 4.69) is 0 Å². The smallest absolute Gasteiger partial charge is 0.217 e. The summed E-state index contributed by atoms with van der Waals surface area (Å²) in [6.07, 6.45) is 1.40. The summed E-state index contributed by atoms with van der Waals surface area (Å²) in [6, 6.07) is 17.1. The molecule has 0 amide bonds. The Hall–Kier alpha value is -2.49. The number of nitro groups is 1. The van der Waals surface area contributed by atoms with Crippen LogP contribution in [0.4, 0.5) is 0 Å². The van der Waals surface area contributed by atoms with Gasteiger partial charge in [-0.1, -0.05) is 61.5 Å². The maximum atomic E-state index is 11.1. The molecule has 4 heteroatoms. The zero-order chi connectivity index (χ0) is 15.9. The second-order valence-electron chi connectivity index (χ2n) is 5.56. The molecule has 2 aromatic carbocycles. The van der Waals surface area contributed by atoms with Crippen LogP contribution >= 0.6 is 0 Å². The van der Waals surface area contributed by atoms with Gasteiger partial charge in [0.15, 0.2) is 0 Å². The van der Waals surface area contributed by atoms with E-state index in [1.54, 1.807) is 6.92 Å². The first-order valence-corrected chi connectivity index (χ1v) is 7.33. The molecule has 0 N–H and O–H groups in total. The minimum absolute atomic E-state index is 0.275. The zero-order valence-electron chi connectivity index (χ0n) is 12.5. The van der Waals surface area contributed by atoms with Crippen molar-refractivity contribution in [3.63, 3.8) is 0 Å². The Bertz CT molecular complexity index is 623. The van der Waals surface area contributed by atoms with Crippen LogP contribution in [0.25, 0.3) is 11.1 Å². The molecule has 2 aromatic rings. The highest BCUT2D eigenvalue weighted by molar-refractivity contribution is 5.63. The van der Waals surface area contributed by atoms with Gasteiger partial charge in [-0.3, -0.25) is 10.1 Å². The standard InChI is InChI=1S/C18H19NO3/c1-14(13-20)11-18(19(21)22)12-15-7-9-17(10-8-15)16-5-3-2-4-6-16/h2-10,13-14,18H,11-12H2,1H3/t14-,18+/m1/s1. The predicted molar refractivity (Wildman–Crippen MR) is 86.2 cm³/mol. The van der Waals surface area contributed by atoms with Crippen molar-refractivity contribution < 1.29 is 9.72 Å². The van der Waals surface area contributed by atoms with Crippen molar-refractivity contribution in [3.05, 3.63) is 70.3 Å². The molecule has 2 rings (SSSR count). The van der Waals surface area contributed by atoms with Crippen LogP contribution in [0, 0.1) is 16.0 Å². The minimum atomic E-state index is -0.720. The third kappa shape index (κ3) is 4.25. The summed E-state index contributed by atoms with van der Waals surface area (Å²) in [5, 5.41) is 11.1. The first-order valence-electron chi connectivity index (χ1n) is 7.33. The third-order valence-electron chi connectivity index (χ3n) is 3.71. The Balaban J connectivity index is 2.09. The molecule has 0 unspecified atom stereocenters. The maximum Gasteiger partial charge on any atom is 0.217 e. The van der Waals surface area contributed by atoms with Crippen molar-refractivity contribution in [2.45, 2.75) is 25.8 Å². The van der Waals surface area contributed by atoms with Gasteiger partial charge in [0.05, 0.1) is 0 Å². The number of carbonyl (C=O) groups excluding carboxylic acids is 1. The Kier molecular flexibility index (Phi) is 5.42. The number of aldehydes is 1. The van der Waals surface area contributed by atoms with Gasteiger partial charge in [-0.2, -0.15) is 0 Å². The lowest BCUT2D eigenvalue weighted by Gasteiger charge is -2.11. The molecule has 0 radical (unpaired) electrons. The lowest BCUT2D eigenvalue weighted by atomic mass is 9.96. The largest absolute Gasteiger partial charge is 0.303 e. The molecular formula is C18H19NO3. The van der Waals surface area contributed by atoms with E-state index in [1.165, 1.54) is 0 Å². The zero-order valence-corrected chi connectivity index (χ0v) is 12.5. The number of rotatable bonds is 7. The molecule has 22 heavy (non-hydrogen) atoms. The van der Waals surface area contributed by atoms with Crippen LogP contribution in [0.3, 0.4) is 0 Å². The van der Waals surface area contributed by atoms with Crippen molar-refractivity contribution in [2.75, 3.05) is 0 Å². The van der Waals surface area contributed by atoms with Gasteiger partial charge in [0.2, 0.25) is 6.04 Å². The summed E-state index contributed by atoms with van der Waals surface area (Å²) in [6.45, 7) is 1.71. The summed E-state index contributed by atoms with van der Waals surface area (Å²) in [5.74, 6) is -0.293. The van der Waals surface area contributed by atoms with E-state index in [1.807, 2.05) is 54.6 Å². The number of hydrogen-bond acceptors (Lipinski definition) is 3. The highest BCUT2D eigenvalue weighted by Gasteiger charge is 2.23. The Morgan fingerprint density at radius 3 is 2.18 bits per heavy atom. The van der Waals surface area contributed by atoms with E-state index in [-0.39, 0.29) is 17.3 Å². The van der Waals surface area contributed by atoms with Crippen LogP contribution in [0.15, 0.2) is 54.6 Å². The van der Waals surface area contributed by atoms with Gasteiger partial charge in [0.1, 0.15) is 6.29 Å². The molecule has 114 valence electrons. The predicted octanol–water partition coefficient (Wildman–Crippen LogP) is 3.77. The van der Waals surface area contributed by atoms with E-state index in [9.17, 15) is 14.9 Å². The molecule has 0 heterocycles. The quantitative estimate of drug-likeness (QED) is 0.444. The molecule has 0 saturated carbocycles. The molecular weight excluding hydrogens is 278 g/mol. The van der Waals surface area contributed by atoms with Crippen molar-refractivity contribution in [3.8, 4) is 11.1 Å². The summed E-state index contributed by atoms with van der Waals surface area (Å²) in [5.41, 5.74) is 3.12. The SMILES string of the molecule is C[C@@H](C=O)C[C@@H](Cc1ccc(-c2ccccc2)cc1)[N+](=O)[O-]. The van der Waals surface area contributed by atoms with Crippen LogP contribution in [-0.2, 0) is 11.2 Å². The monoisotopic (exact) mass is 297 g/mol. The molecule has 0 aromatic heterocycles. The van der Waals surface area contributed by atoms with Crippen molar-refractivity contribution >= 4 is 6.29 Å². The molecule has 0 spiro atoms. The van der Waals surface area contributed by atoms with Crippen LogP contribution in [0.2, 0.25) is 0 Å². The molecule has 0 aliphatic carbocycles. The number of carbonyl (C=O) groups is 1. The molecule has 2 atom stereocenters. The summed E-state index contributed by atoms with van der Waals surface area (Å²) in [7, 11) is 0. The van der Waals surface area contributed by atoms with Gasteiger partial charge < -0.3 is 4.79 Å². The first kappa shape index (κ1) is 15.9. The number of nitrogens with zero attached hydrogens (tertiary/aromatic N) is 1. The minimum Gasteiger partial charge on any atom is -0.303 e. The van der Waals surface area contributed by atoms with Crippen molar-refractivity contribution in [1.82, 2.24) is 0 Å². The second kappa shape index (κ2) is 7.50. The molecule has 4 nitrogen and oxygen atoms in total. The summed E-state index contributed by atoms with van der Waals surface area (Å²) >= 11 is 0. The Morgan fingerprint density at radius 1 is 1.05 bits per heavy atom. The molecule has 0 aliphatic heterocycles. The average Bonchev–Trinajstić information content (AvgIpc) is 2.55. The van der Waals surface area contributed by atoms with Gasteiger partial charge in [-0.05, 0) is 16.7 Å². The molecule has 0 aliphatic rings. The van der Waals surface area contributed by atoms with Gasteiger partial charge >= 0.3 is 0 Å². The first-order chi connectivity index (χ1) is 10.6. The van der Waals surface area contributed by atoms with Crippen LogP contribution in [0.1, 0.15) is 18.9 Å². The summed E-state index contributed by atoms with van der Waals surface area (Å²) < 4.78 is 0. The molecule has 0 bridgehead atoms. The topological polar surface area (TPSA) is 60.2 Å². The highest BCUT2D eigenvalue weighted by Crippen LogP contribution is 2.20. The van der Waals surface area contributed by atoms with Crippen LogP contribution < -0.4 is 0 Å². The fourth-order valence-corrected chi connectivity index (χ4v) is 2.46. The Labute approximate surface area is 129 Å². The fourth-order valence-electron chi connectivity index (χ4n) is 2.46. The number of benzene rings is 2. The highest BCUT2D eigenvalue weighted by atomic mass is 16.6. The van der Waals surface area contributed by atoms with Gasteiger partial charge in [-0.25, -0.2) is 0 Å². The van der Waals surface area contributed by atoms with Gasteiger partial charge in [0.25, 0.3) is 0 Å². The lowest BCUT2D eigenvalue weighted by molar-refractivity contribution is -0.523. The molecule has 0 fully saturated rings. The van der Waals surface area contributed by atoms with Crippen molar-refractivity contribution in [1.29, 1.82) is 0 Å². The van der Waals surface area contributed by atoms with E-state index in [4.69, 9.17) is 0 Å². The van der Waals surface area contributed by atoms with Crippen LogP contribution in [0.5, 0.6) is 0 Å². The molecule has 0 saturated heterocycles. The van der Waals surface area contributed by atoms with E-state index >= 15 is 0 Å². The third-order valence-corrected chi connectivity index (χ3v) is 3.71. The second-order valence-corrected chi connectivity index (χ2v) is 5.56. The normalized spacial score (nSPS) is 13.3. The Morgan fingerprint density at radius 2 is 1.64 bits per heavy atom. The van der Waals surface area contributed by atoms with E-state index < -0.39 is 6.04 Å². The van der Waals surface area contributed by atoms with E-state index in [0.717, 1.165) is 23.0 Å². The average molecular weight is 297 g/mol. The number of hydrogen-bond donors (Lipinski definition) is 0. The maximum absolute atomic E-state index is 11.1. The summed E-state index contributed by atoms with van der Waals surface area (Å²) in [4.78, 5) is 21.5. The van der Waals surface area contributed by atoms with E-state index in [0.29, 0.717) is 6.42 Å². The lowest BCUT2D eigenvalue weighted by Crippen LogP contribution is -2.25. The van der Waals surface area contributed by atoms with Crippen LogP contribution in [-0.4, -0.2) is 17.3 Å². The van der Waals surface area contributed by atoms with Crippen molar-refractivity contribution in [2.24, 2.45) is 5.92 Å². The van der Waals surface area contributed by atoms with Gasteiger partial charge in [0, 0.05) is 23.7 Å². The van der Waals surface area contributed by atoms with Gasteiger partial charge in [-0.15, -0.1) is 0 Å². The fraction of sp³-hybridized carbons (Fsp3) is 0.278.